The van der Waals surface area contributed by atoms with E-state index < -0.39 is 60.2 Å². The van der Waals surface area contributed by atoms with Crippen molar-refractivity contribution in [2.45, 2.75) is 56.8 Å². The van der Waals surface area contributed by atoms with Crippen molar-refractivity contribution in [1.29, 1.82) is 0 Å². The molecule has 0 spiro atoms. The number of rotatable bonds is 14. The number of benzene rings is 2. The Morgan fingerprint density at radius 3 is 2.15 bits per heavy atom. The lowest BCUT2D eigenvalue weighted by Gasteiger charge is -2.24. The molecule has 218 valence electrons. The number of nitrogens with two attached hydrogens (primary N) is 1. The minimum Gasteiger partial charge on any atom is -0.508 e. The van der Waals surface area contributed by atoms with E-state index >= 15 is 0 Å². The van der Waals surface area contributed by atoms with Crippen LogP contribution in [0.2, 0.25) is 0 Å². The highest BCUT2D eigenvalue weighted by atomic mass is 16.4. The monoisotopic (exact) mass is 567 g/mol. The maximum Gasteiger partial charge on any atom is 0.325 e. The van der Waals surface area contributed by atoms with Crippen LogP contribution in [0.4, 0.5) is 0 Å². The van der Waals surface area contributed by atoms with Crippen LogP contribution in [-0.2, 0) is 36.8 Å². The summed E-state index contributed by atoms with van der Waals surface area (Å²) in [6.07, 6.45) is 1.07. The fourth-order valence-corrected chi connectivity index (χ4v) is 4.17. The molecule has 0 aliphatic heterocycles. The second-order valence-corrected chi connectivity index (χ2v) is 9.66. The Hall–Kier alpha value is -4.91. The fourth-order valence-electron chi connectivity index (χ4n) is 4.17. The predicted octanol–water partition coefficient (Wildman–Crippen LogP) is 0.410. The third kappa shape index (κ3) is 8.80. The highest BCUT2D eigenvalue weighted by molar-refractivity contribution is 5.94. The summed E-state index contributed by atoms with van der Waals surface area (Å²) in [7, 11) is 0. The van der Waals surface area contributed by atoms with E-state index in [0.717, 1.165) is 16.5 Å². The first-order chi connectivity index (χ1) is 19.4. The lowest BCUT2D eigenvalue weighted by molar-refractivity contribution is -0.142. The first kappa shape index (κ1) is 30.6. The molecule has 0 saturated carbocycles. The summed E-state index contributed by atoms with van der Waals surface area (Å²) in [5.74, 6) is -4.87. The molecule has 1 heterocycles. The van der Waals surface area contributed by atoms with Crippen molar-refractivity contribution in [3.8, 4) is 5.75 Å². The van der Waals surface area contributed by atoms with Gasteiger partial charge in [0, 0.05) is 29.9 Å². The average molecular weight is 568 g/mol. The van der Waals surface area contributed by atoms with Gasteiger partial charge in [-0.25, -0.2) is 0 Å². The zero-order valence-corrected chi connectivity index (χ0v) is 22.3. The van der Waals surface area contributed by atoms with Gasteiger partial charge < -0.3 is 42.0 Å². The van der Waals surface area contributed by atoms with E-state index in [4.69, 9.17) is 15.9 Å². The van der Waals surface area contributed by atoms with Gasteiger partial charge in [0.15, 0.2) is 0 Å². The van der Waals surface area contributed by atoms with Crippen LogP contribution in [0.15, 0.2) is 54.7 Å². The zero-order valence-electron chi connectivity index (χ0n) is 22.3. The Morgan fingerprint density at radius 2 is 1.49 bits per heavy atom. The highest BCUT2D eigenvalue weighted by Crippen LogP contribution is 2.19. The van der Waals surface area contributed by atoms with Gasteiger partial charge in [-0.3, -0.25) is 24.0 Å². The van der Waals surface area contributed by atoms with Crippen LogP contribution >= 0.6 is 0 Å². The Labute approximate surface area is 235 Å². The Kier molecular flexibility index (Phi) is 10.4. The van der Waals surface area contributed by atoms with Crippen molar-refractivity contribution >= 4 is 40.6 Å². The number of para-hydroxylation sites is 1. The number of H-pyrrole nitrogens is 1. The summed E-state index contributed by atoms with van der Waals surface area (Å²) in [4.78, 5) is 64.7. The van der Waals surface area contributed by atoms with Crippen molar-refractivity contribution in [2.75, 3.05) is 0 Å². The summed E-state index contributed by atoms with van der Waals surface area (Å²) in [6, 6.07) is 8.47. The molecule has 0 radical (unpaired) electrons. The quantitative estimate of drug-likeness (QED) is 0.135. The topological polar surface area (TPSA) is 224 Å². The third-order valence-electron chi connectivity index (χ3n) is 6.47. The predicted molar refractivity (Wildman–Crippen MR) is 148 cm³/mol. The molecule has 0 bridgehead atoms. The van der Waals surface area contributed by atoms with Gasteiger partial charge >= 0.3 is 11.9 Å². The molecule has 4 unspecified atom stereocenters. The molecule has 3 aromatic rings. The number of amides is 3. The summed E-state index contributed by atoms with van der Waals surface area (Å²) in [5.41, 5.74) is 8.45. The zero-order chi connectivity index (χ0) is 30.1. The molecular formula is C28H33N5O8. The van der Waals surface area contributed by atoms with Gasteiger partial charge in [-0.2, -0.15) is 0 Å². The molecule has 3 rings (SSSR count). The number of phenols is 1. The number of nitrogens with one attached hydrogen (secondary N) is 4. The van der Waals surface area contributed by atoms with Gasteiger partial charge in [0.25, 0.3) is 0 Å². The number of carbonyl (C=O) groups excluding carboxylic acids is 3. The van der Waals surface area contributed by atoms with E-state index in [0.29, 0.717) is 5.56 Å². The minimum atomic E-state index is -1.39. The van der Waals surface area contributed by atoms with Gasteiger partial charge in [0.1, 0.15) is 23.9 Å². The smallest absolute Gasteiger partial charge is 0.325 e. The summed E-state index contributed by atoms with van der Waals surface area (Å²) in [5, 5.41) is 36.0. The van der Waals surface area contributed by atoms with Crippen LogP contribution in [0, 0.1) is 0 Å². The lowest BCUT2D eigenvalue weighted by Crippen LogP contribution is -2.57. The van der Waals surface area contributed by atoms with Gasteiger partial charge in [0.2, 0.25) is 17.7 Å². The van der Waals surface area contributed by atoms with Crippen molar-refractivity contribution in [2.24, 2.45) is 5.73 Å². The van der Waals surface area contributed by atoms with Crippen molar-refractivity contribution in [1.82, 2.24) is 20.9 Å². The van der Waals surface area contributed by atoms with Gasteiger partial charge in [-0.15, -0.1) is 0 Å². The number of carboxylic acids is 2. The fraction of sp³-hybridized carbons (Fsp3) is 0.321. The Morgan fingerprint density at radius 1 is 0.854 bits per heavy atom. The van der Waals surface area contributed by atoms with Crippen LogP contribution in [0.5, 0.6) is 5.75 Å². The second kappa shape index (κ2) is 13.9. The molecule has 0 aliphatic carbocycles. The molecule has 1 aromatic heterocycles. The Balaban J connectivity index is 1.78. The lowest BCUT2D eigenvalue weighted by atomic mass is 10.0. The molecule has 9 N–H and O–H groups in total. The van der Waals surface area contributed by atoms with E-state index in [2.05, 4.69) is 20.9 Å². The summed E-state index contributed by atoms with van der Waals surface area (Å²) in [6.45, 7) is 1.22. The molecule has 0 fully saturated rings. The average Bonchev–Trinajstić information content (AvgIpc) is 3.33. The Bertz CT molecular complexity index is 1400. The number of carbonyl (C=O) groups is 5. The summed E-state index contributed by atoms with van der Waals surface area (Å²) >= 11 is 0. The number of phenolic OH excluding ortho intramolecular Hbond substituents is 1. The molecule has 0 aliphatic rings. The van der Waals surface area contributed by atoms with Gasteiger partial charge in [-0.05, 0) is 49.1 Å². The van der Waals surface area contributed by atoms with E-state index in [9.17, 15) is 29.1 Å². The molecule has 0 saturated heterocycles. The minimum absolute atomic E-state index is 0.00232. The van der Waals surface area contributed by atoms with Crippen molar-refractivity contribution < 1.29 is 39.3 Å². The number of aromatic amines is 1. The maximum absolute atomic E-state index is 13.4. The number of hydrogen-bond acceptors (Lipinski definition) is 7. The van der Waals surface area contributed by atoms with E-state index in [1.807, 2.05) is 24.3 Å². The molecule has 4 atom stereocenters. The SMILES string of the molecule is CC(NC(=O)C(CCC(=O)O)NC(=O)C(Cc1ccc(O)cc1)NC(=O)C(N)Cc1c[nH]c2ccccc12)C(=O)O. The van der Waals surface area contributed by atoms with E-state index in [-0.39, 0.29) is 25.0 Å². The number of fused-ring (bicyclic) bond motifs is 1. The summed E-state index contributed by atoms with van der Waals surface area (Å²) < 4.78 is 0. The normalized spacial score (nSPS) is 13.9. The molecular weight excluding hydrogens is 534 g/mol. The number of aliphatic carboxylic acids is 2. The first-order valence-corrected chi connectivity index (χ1v) is 12.9. The van der Waals surface area contributed by atoms with E-state index in [1.165, 1.54) is 19.1 Å². The first-order valence-electron chi connectivity index (χ1n) is 12.9. The maximum atomic E-state index is 13.4. The number of aromatic hydroxyl groups is 1. The van der Waals surface area contributed by atoms with Gasteiger partial charge in [0.05, 0.1) is 6.04 Å². The number of aromatic nitrogens is 1. The number of hydrogen-bond donors (Lipinski definition) is 8. The van der Waals surface area contributed by atoms with Crippen LogP contribution < -0.4 is 21.7 Å². The standard InChI is InChI=1S/C28H33N5O8/c1-15(28(40)41)31-26(38)22(10-11-24(35)36)32-27(39)23(12-16-6-8-18(34)9-7-16)33-25(37)20(29)13-17-14-30-21-5-3-2-4-19(17)21/h2-9,14-15,20,22-23,30,34H,10-13,29H2,1H3,(H,31,38)(H,32,39)(H,33,37)(H,35,36)(H,40,41). The van der Waals surface area contributed by atoms with Crippen LogP contribution in [0.25, 0.3) is 10.9 Å². The van der Waals surface area contributed by atoms with Crippen LogP contribution in [0.3, 0.4) is 0 Å². The molecule has 13 heteroatoms. The van der Waals surface area contributed by atoms with Gasteiger partial charge in [-0.1, -0.05) is 30.3 Å². The molecule has 3 amide bonds. The third-order valence-corrected chi connectivity index (χ3v) is 6.47. The van der Waals surface area contributed by atoms with Crippen LogP contribution in [-0.4, -0.2) is 74.1 Å². The molecule has 13 nitrogen and oxygen atoms in total. The van der Waals surface area contributed by atoms with Crippen molar-refractivity contribution in [3.05, 3.63) is 65.9 Å². The highest BCUT2D eigenvalue weighted by Gasteiger charge is 2.30. The largest absolute Gasteiger partial charge is 0.508 e. The second-order valence-electron chi connectivity index (χ2n) is 9.66. The number of carboxylic acid groups (broad SMARTS) is 2. The van der Waals surface area contributed by atoms with Crippen molar-refractivity contribution in [3.63, 3.8) is 0 Å². The molecule has 41 heavy (non-hydrogen) atoms. The molecule has 2 aromatic carbocycles. The van der Waals surface area contributed by atoms with Crippen LogP contribution in [0.1, 0.15) is 30.9 Å². The van der Waals surface area contributed by atoms with E-state index in [1.54, 1.807) is 18.3 Å².